The zero-order valence-electron chi connectivity index (χ0n) is 15.2. The van der Waals surface area contributed by atoms with Crippen LogP contribution in [0.3, 0.4) is 0 Å². The lowest BCUT2D eigenvalue weighted by Crippen LogP contribution is -2.33. The van der Waals surface area contributed by atoms with Gasteiger partial charge in [-0.05, 0) is 49.4 Å². The average Bonchev–Trinajstić information content (AvgIpc) is 3.11. The number of ether oxygens (including phenoxy) is 1. The number of nitrogens with one attached hydrogen (secondary N) is 2. The number of carbonyl (C=O) groups excluding carboxylic acids is 1. The first-order valence-corrected chi connectivity index (χ1v) is 9.19. The second-order valence-electron chi connectivity index (χ2n) is 6.78. The van der Waals surface area contributed by atoms with Crippen LogP contribution in [0.15, 0.2) is 35.1 Å². The Morgan fingerprint density at radius 2 is 2.11 bits per heavy atom. The summed E-state index contributed by atoms with van der Waals surface area (Å²) in [4.78, 5) is 27.7. The topological polar surface area (TPSA) is 89.0 Å². The molecule has 0 spiro atoms. The van der Waals surface area contributed by atoms with Crippen LogP contribution >= 0.6 is 0 Å². The van der Waals surface area contributed by atoms with Gasteiger partial charge in [0.1, 0.15) is 11.4 Å². The Kier molecular flexibility index (Phi) is 4.66. The Morgan fingerprint density at radius 3 is 2.96 bits per heavy atom. The zero-order valence-corrected chi connectivity index (χ0v) is 15.2. The van der Waals surface area contributed by atoms with E-state index < -0.39 is 0 Å². The molecule has 0 saturated heterocycles. The maximum atomic E-state index is 12.4. The lowest BCUT2D eigenvalue weighted by molar-refractivity contribution is 0.0947. The number of benzene rings is 1. The molecule has 0 unspecified atom stereocenters. The van der Waals surface area contributed by atoms with E-state index in [0.29, 0.717) is 18.8 Å². The molecule has 1 aromatic carbocycles. The van der Waals surface area contributed by atoms with Gasteiger partial charge in [0.15, 0.2) is 0 Å². The third-order valence-corrected chi connectivity index (χ3v) is 4.96. The lowest BCUT2D eigenvalue weighted by atomic mass is 9.97. The summed E-state index contributed by atoms with van der Waals surface area (Å²) in [5.74, 6) is 0.519. The van der Waals surface area contributed by atoms with Gasteiger partial charge in [-0.2, -0.15) is 5.10 Å². The minimum Gasteiger partial charge on any atom is -0.497 e. The highest BCUT2D eigenvalue weighted by Gasteiger charge is 2.14. The van der Waals surface area contributed by atoms with Crippen molar-refractivity contribution in [3.8, 4) is 5.75 Å². The third-order valence-electron chi connectivity index (χ3n) is 4.96. The third kappa shape index (κ3) is 3.58. The molecule has 2 heterocycles. The van der Waals surface area contributed by atoms with E-state index in [1.54, 1.807) is 19.2 Å². The molecule has 0 atom stereocenters. The second kappa shape index (κ2) is 7.26. The molecule has 7 heteroatoms. The number of H-pyrrole nitrogens is 1. The number of carbonyl (C=O) groups is 1. The van der Waals surface area contributed by atoms with Crippen LogP contribution in [0, 0.1) is 0 Å². The predicted molar refractivity (Wildman–Crippen MR) is 102 cm³/mol. The van der Waals surface area contributed by atoms with Gasteiger partial charge < -0.3 is 15.0 Å². The number of amides is 1. The molecular formula is C20H22N4O3. The van der Waals surface area contributed by atoms with Gasteiger partial charge in [0.2, 0.25) is 0 Å². The van der Waals surface area contributed by atoms with Gasteiger partial charge in [-0.1, -0.05) is 0 Å². The molecule has 1 aliphatic rings. The van der Waals surface area contributed by atoms with E-state index in [1.165, 1.54) is 4.68 Å². The SMILES string of the molecule is COc1ccc2cc(C(=O)NCCn3nc4c(cc3=O)CCCC4)[nH]c2c1. The molecule has 0 saturated carbocycles. The van der Waals surface area contributed by atoms with Crippen molar-refractivity contribution >= 4 is 16.8 Å². The Hall–Kier alpha value is -3.09. The molecule has 1 amide bonds. The molecule has 0 fully saturated rings. The van der Waals surface area contributed by atoms with Crippen molar-refractivity contribution in [2.24, 2.45) is 0 Å². The molecule has 0 radical (unpaired) electrons. The van der Waals surface area contributed by atoms with Gasteiger partial charge in [-0.25, -0.2) is 4.68 Å². The molecule has 3 aromatic rings. The number of aryl methyl sites for hydroxylation is 2. The van der Waals surface area contributed by atoms with Crippen molar-refractivity contribution < 1.29 is 9.53 Å². The normalized spacial score (nSPS) is 13.4. The first-order valence-electron chi connectivity index (χ1n) is 9.19. The number of aromatic amines is 1. The number of aromatic nitrogens is 3. The van der Waals surface area contributed by atoms with Crippen molar-refractivity contribution in [1.29, 1.82) is 0 Å². The van der Waals surface area contributed by atoms with E-state index in [2.05, 4.69) is 15.4 Å². The van der Waals surface area contributed by atoms with Gasteiger partial charge in [-0.3, -0.25) is 9.59 Å². The van der Waals surface area contributed by atoms with Gasteiger partial charge >= 0.3 is 0 Å². The number of methoxy groups -OCH3 is 1. The Bertz CT molecular complexity index is 1050. The summed E-state index contributed by atoms with van der Waals surface area (Å²) in [7, 11) is 1.61. The highest BCUT2D eigenvalue weighted by atomic mass is 16.5. The van der Waals surface area contributed by atoms with Crippen LogP contribution in [0.4, 0.5) is 0 Å². The largest absolute Gasteiger partial charge is 0.497 e. The van der Waals surface area contributed by atoms with Crippen molar-refractivity contribution in [3.63, 3.8) is 0 Å². The molecule has 4 rings (SSSR count). The molecule has 2 aromatic heterocycles. The predicted octanol–water partition coefficient (Wildman–Crippen LogP) is 2.04. The van der Waals surface area contributed by atoms with Crippen LogP contribution in [-0.2, 0) is 19.4 Å². The fourth-order valence-electron chi connectivity index (χ4n) is 3.49. The molecule has 7 nitrogen and oxygen atoms in total. The molecule has 0 aliphatic heterocycles. The second-order valence-corrected chi connectivity index (χ2v) is 6.78. The monoisotopic (exact) mass is 366 g/mol. The van der Waals surface area contributed by atoms with Crippen molar-refractivity contribution in [1.82, 2.24) is 20.1 Å². The number of hydrogen-bond donors (Lipinski definition) is 2. The van der Waals surface area contributed by atoms with Crippen LogP contribution in [-0.4, -0.2) is 34.3 Å². The minimum absolute atomic E-state index is 0.109. The van der Waals surface area contributed by atoms with Crippen LogP contribution in [0.25, 0.3) is 10.9 Å². The summed E-state index contributed by atoms with van der Waals surface area (Å²) in [5.41, 5.74) is 3.29. The highest BCUT2D eigenvalue weighted by molar-refractivity contribution is 5.98. The van der Waals surface area contributed by atoms with E-state index >= 15 is 0 Å². The molecule has 140 valence electrons. The smallest absolute Gasteiger partial charge is 0.267 e. The summed E-state index contributed by atoms with van der Waals surface area (Å²) in [6.07, 6.45) is 4.07. The highest BCUT2D eigenvalue weighted by Crippen LogP contribution is 2.21. The van der Waals surface area contributed by atoms with Crippen molar-refractivity contribution in [3.05, 3.63) is 57.6 Å². The fourth-order valence-corrected chi connectivity index (χ4v) is 3.49. The van der Waals surface area contributed by atoms with Gasteiger partial charge in [0.25, 0.3) is 11.5 Å². The lowest BCUT2D eigenvalue weighted by Gasteiger charge is -2.15. The van der Waals surface area contributed by atoms with Crippen molar-refractivity contribution in [2.75, 3.05) is 13.7 Å². The molecule has 0 bridgehead atoms. The minimum atomic E-state index is -0.212. The van der Waals surface area contributed by atoms with Crippen LogP contribution in [0.5, 0.6) is 5.75 Å². The summed E-state index contributed by atoms with van der Waals surface area (Å²) >= 11 is 0. The Morgan fingerprint density at radius 1 is 1.26 bits per heavy atom. The number of fused-ring (bicyclic) bond motifs is 2. The summed E-state index contributed by atoms with van der Waals surface area (Å²) in [5, 5.41) is 8.25. The van der Waals surface area contributed by atoms with Crippen LogP contribution in [0.2, 0.25) is 0 Å². The van der Waals surface area contributed by atoms with E-state index in [-0.39, 0.29) is 11.5 Å². The quantitative estimate of drug-likeness (QED) is 0.723. The summed E-state index contributed by atoms with van der Waals surface area (Å²) in [6, 6.07) is 9.09. The summed E-state index contributed by atoms with van der Waals surface area (Å²) in [6.45, 7) is 0.690. The van der Waals surface area contributed by atoms with E-state index in [9.17, 15) is 9.59 Å². The van der Waals surface area contributed by atoms with E-state index in [0.717, 1.165) is 53.6 Å². The number of hydrogen-bond acceptors (Lipinski definition) is 4. The Labute approximate surface area is 156 Å². The average molecular weight is 366 g/mol. The summed E-state index contributed by atoms with van der Waals surface area (Å²) < 4.78 is 6.64. The first-order chi connectivity index (χ1) is 13.1. The van der Waals surface area contributed by atoms with Crippen molar-refractivity contribution in [2.45, 2.75) is 32.2 Å². The fraction of sp³-hybridized carbons (Fsp3) is 0.350. The van der Waals surface area contributed by atoms with Gasteiger partial charge in [0.05, 0.1) is 19.3 Å². The number of nitrogens with zero attached hydrogens (tertiary/aromatic N) is 2. The van der Waals surface area contributed by atoms with E-state index in [4.69, 9.17) is 4.74 Å². The van der Waals surface area contributed by atoms with Gasteiger partial charge in [-0.15, -0.1) is 0 Å². The van der Waals surface area contributed by atoms with Crippen LogP contribution < -0.4 is 15.6 Å². The molecule has 2 N–H and O–H groups in total. The molecule has 27 heavy (non-hydrogen) atoms. The Balaban J connectivity index is 1.42. The van der Waals surface area contributed by atoms with E-state index in [1.807, 2.05) is 18.2 Å². The first kappa shape index (κ1) is 17.3. The maximum Gasteiger partial charge on any atom is 0.267 e. The maximum absolute atomic E-state index is 12.4. The molecule has 1 aliphatic carbocycles. The zero-order chi connectivity index (χ0) is 18.8. The molecular weight excluding hydrogens is 344 g/mol. The number of rotatable bonds is 5. The standard InChI is InChI=1S/C20H22N4O3/c1-27-15-7-6-14-10-18(22-17(14)12-15)20(26)21-8-9-24-19(25)11-13-4-2-3-5-16(13)23-24/h6-7,10-12,22H,2-5,8-9H2,1H3,(H,21,26). The van der Waals surface area contributed by atoms with Gasteiger partial charge in [0, 0.05) is 29.6 Å². The van der Waals surface area contributed by atoms with Crippen LogP contribution in [0.1, 0.15) is 34.6 Å².